The Hall–Kier alpha value is -4.18. The molecule has 0 saturated carbocycles. The molecule has 0 aliphatic carbocycles. The van der Waals surface area contributed by atoms with Crippen LogP contribution in [0.3, 0.4) is 0 Å². The molecule has 0 aliphatic rings. The molecule has 9 nitrogen and oxygen atoms in total. The van der Waals surface area contributed by atoms with E-state index in [1.165, 1.54) is 38.5 Å². The molecule has 3 rings (SSSR count). The normalized spacial score (nSPS) is 12.4. The third kappa shape index (κ3) is 10.2. The Bertz CT molecular complexity index is 1510. The van der Waals surface area contributed by atoms with Crippen molar-refractivity contribution in [3.8, 4) is 17.2 Å². The van der Waals surface area contributed by atoms with Gasteiger partial charge in [0.05, 0.1) is 24.2 Å². The maximum absolute atomic E-state index is 12.8. The summed E-state index contributed by atoms with van der Waals surface area (Å²) in [5, 5.41) is 9.82. The molecule has 1 atom stereocenters. The molecule has 0 bridgehead atoms. The summed E-state index contributed by atoms with van der Waals surface area (Å²) >= 11 is 0. The van der Waals surface area contributed by atoms with E-state index in [0.29, 0.717) is 34.8 Å². The van der Waals surface area contributed by atoms with E-state index in [-0.39, 0.29) is 22.8 Å². The zero-order chi connectivity index (χ0) is 31.4. The first-order chi connectivity index (χ1) is 20.5. The first-order valence-electron chi connectivity index (χ1n) is 14.2. The Morgan fingerprint density at radius 1 is 0.884 bits per heavy atom. The third-order valence-corrected chi connectivity index (χ3v) is 7.93. The van der Waals surface area contributed by atoms with E-state index >= 15 is 0 Å². The van der Waals surface area contributed by atoms with Gasteiger partial charge in [0.2, 0.25) is 0 Å². The van der Waals surface area contributed by atoms with E-state index in [0.717, 1.165) is 19.1 Å². The summed E-state index contributed by atoms with van der Waals surface area (Å²) in [5.41, 5.74) is 2.03. The number of methoxy groups -OCH3 is 1. The minimum atomic E-state index is -3.35. The van der Waals surface area contributed by atoms with E-state index in [2.05, 4.69) is 11.9 Å². The number of sulfone groups is 1. The fraction of sp³-hybridized carbons (Fsp3) is 0.364. The molecule has 43 heavy (non-hydrogen) atoms. The van der Waals surface area contributed by atoms with Crippen molar-refractivity contribution in [3.63, 3.8) is 0 Å². The van der Waals surface area contributed by atoms with Crippen molar-refractivity contribution in [2.24, 2.45) is 4.99 Å². The summed E-state index contributed by atoms with van der Waals surface area (Å²) in [5.74, 6) is -0.532. The zero-order valence-corrected chi connectivity index (χ0v) is 25.9. The predicted molar refractivity (Wildman–Crippen MR) is 166 cm³/mol. The molecule has 1 N–H and O–H groups in total. The van der Waals surface area contributed by atoms with Crippen molar-refractivity contribution in [2.75, 3.05) is 20.0 Å². The van der Waals surface area contributed by atoms with E-state index in [1.54, 1.807) is 61.5 Å². The fourth-order valence-corrected chi connectivity index (χ4v) is 4.96. The van der Waals surface area contributed by atoms with Crippen molar-refractivity contribution in [2.45, 2.75) is 63.3 Å². The number of benzene rings is 3. The largest absolute Gasteiger partial charge is 0.494 e. The van der Waals surface area contributed by atoms with E-state index in [4.69, 9.17) is 14.2 Å². The first kappa shape index (κ1) is 33.3. The number of nitrogens with zero attached hydrogens (tertiary/aromatic N) is 1. The van der Waals surface area contributed by atoms with Gasteiger partial charge in [-0.2, -0.15) is 0 Å². The molecular formula is C33H39NO8S. The van der Waals surface area contributed by atoms with E-state index in [9.17, 15) is 23.1 Å². The number of unbranched alkanes of at least 4 members (excludes halogenated alkanes) is 4. The number of carboxylic acids is 1. The average Bonchev–Trinajstić information content (AvgIpc) is 2.99. The van der Waals surface area contributed by atoms with Gasteiger partial charge in [0.15, 0.2) is 27.4 Å². The molecule has 0 fully saturated rings. The van der Waals surface area contributed by atoms with Crippen LogP contribution in [-0.4, -0.2) is 57.2 Å². The van der Waals surface area contributed by atoms with Gasteiger partial charge in [0.25, 0.3) is 0 Å². The van der Waals surface area contributed by atoms with Gasteiger partial charge in [-0.3, -0.25) is 4.99 Å². The molecule has 0 aliphatic heterocycles. The molecule has 0 saturated heterocycles. The second-order valence-corrected chi connectivity index (χ2v) is 12.2. The lowest BCUT2D eigenvalue weighted by Gasteiger charge is -2.14. The fourth-order valence-electron chi connectivity index (χ4n) is 4.33. The van der Waals surface area contributed by atoms with Crippen LogP contribution in [0.5, 0.6) is 17.2 Å². The van der Waals surface area contributed by atoms with Gasteiger partial charge < -0.3 is 19.3 Å². The molecule has 230 valence electrons. The molecule has 1 unspecified atom stereocenters. The third-order valence-electron chi connectivity index (χ3n) is 6.80. The molecule has 0 radical (unpaired) electrons. The smallest absolute Gasteiger partial charge is 0.343 e. The zero-order valence-electron chi connectivity index (χ0n) is 25.0. The number of carbonyl (C=O) groups is 2. The highest BCUT2D eigenvalue weighted by Gasteiger charge is 2.20. The lowest BCUT2D eigenvalue weighted by atomic mass is 10.0. The van der Waals surface area contributed by atoms with Crippen molar-refractivity contribution < 1.29 is 37.3 Å². The van der Waals surface area contributed by atoms with Crippen LogP contribution in [0.4, 0.5) is 0 Å². The molecular weight excluding hydrogens is 570 g/mol. The van der Waals surface area contributed by atoms with Crippen molar-refractivity contribution in [3.05, 3.63) is 83.4 Å². The summed E-state index contributed by atoms with van der Waals surface area (Å²) in [7, 11) is -1.91. The van der Waals surface area contributed by atoms with Gasteiger partial charge in [-0.15, -0.1) is 0 Å². The van der Waals surface area contributed by atoms with Gasteiger partial charge in [0, 0.05) is 18.4 Å². The second kappa shape index (κ2) is 15.9. The van der Waals surface area contributed by atoms with Gasteiger partial charge in [-0.1, -0.05) is 50.8 Å². The van der Waals surface area contributed by atoms with Gasteiger partial charge in [0.1, 0.15) is 5.75 Å². The monoisotopic (exact) mass is 609 g/mol. The lowest BCUT2D eigenvalue weighted by molar-refractivity contribution is -0.138. The van der Waals surface area contributed by atoms with E-state index < -0.39 is 27.8 Å². The topological polar surface area (TPSA) is 129 Å². The van der Waals surface area contributed by atoms with Crippen molar-refractivity contribution >= 4 is 27.5 Å². The number of hydrogen-bond donors (Lipinski definition) is 1. The Balaban J connectivity index is 1.65. The Morgan fingerprint density at radius 2 is 1.53 bits per heavy atom. The van der Waals surface area contributed by atoms with Crippen LogP contribution in [0.15, 0.2) is 76.6 Å². The summed E-state index contributed by atoms with van der Waals surface area (Å²) < 4.78 is 40.2. The van der Waals surface area contributed by atoms with Gasteiger partial charge in [-0.25, -0.2) is 18.0 Å². The lowest BCUT2D eigenvalue weighted by Crippen LogP contribution is -2.22. The molecule has 3 aromatic carbocycles. The Morgan fingerprint density at radius 3 is 2.14 bits per heavy atom. The molecule has 0 amide bonds. The number of esters is 1. The van der Waals surface area contributed by atoms with Crippen molar-refractivity contribution in [1.29, 1.82) is 0 Å². The summed E-state index contributed by atoms with van der Waals surface area (Å²) in [6.45, 7) is 4.48. The number of ether oxygens (including phenoxy) is 3. The highest BCUT2D eigenvalue weighted by atomic mass is 32.2. The van der Waals surface area contributed by atoms with Gasteiger partial charge in [-0.05, 0) is 73.0 Å². The van der Waals surface area contributed by atoms with Crippen LogP contribution in [0.2, 0.25) is 0 Å². The summed E-state index contributed by atoms with van der Waals surface area (Å²) in [6.07, 6.45) is 6.92. The quantitative estimate of drug-likeness (QED) is 0.0884. The van der Waals surface area contributed by atoms with Crippen LogP contribution in [-0.2, 0) is 21.1 Å². The molecule has 3 aromatic rings. The minimum Gasteiger partial charge on any atom is -0.494 e. The number of hydrogen-bond acceptors (Lipinski definition) is 8. The maximum Gasteiger partial charge on any atom is 0.343 e. The van der Waals surface area contributed by atoms with Crippen LogP contribution in [0.25, 0.3) is 0 Å². The Kier molecular flexibility index (Phi) is 12.3. The first-order valence-corrected chi connectivity index (χ1v) is 16.1. The standard InChI is InChI=1S/C33H39NO8S/c1-5-6-7-8-9-20-41-27-15-11-26(12-16-27)33(37)42-30-19-10-24(22-31(30)40-3)21-29(32(35)36)34-23(2)25-13-17-28(18-14-25)43(4,38)39/h10-19,22,29H,5-9,20-21H2,1-4H3,(H,35,36). The minimum absolute atomic E-state index is 0.0543. The summed E-state index contributed by atoms with van der Waals surface area (Å²) in [4.78, 5) is 29.4. The van der Waals surface area contributed by atoms with Gasteiger partial charge >= 0.3 is 11.9 Å². The average molecular weight is 610 g/mol. The SMILES string of the molecule is CCCCCCCOc1ccc(C(=O)Oc2ccc(CC(N=C(C)c3ccc(S(C)(=O)=O)cc3)C(=O)O)cc2OC)cc1. The number of carboxylic acid groups (broad SMARTS) is 1. The number of aliphatic imine (C=N–C) groups is 1. The van der Waals surface area contributed by atoms with Crippen molar-refractivity contribution in [1.82, 2.24) is 0 Å². The number of aliphatic carboxylic acids is 1. The van der Waals surface area contributed by atoms with Crippen LogP contribution < -0.4 is 14.2 Å². The van der Waals surface area contributed by atoms with Crippen LogP contribution >= 0.6 is 0 Å². The predicted octanol–water partition coefficient (Wildman–Crippen LogP) is 6.17. The van der Waals surface area contributed by atoms with Crippen LogP contribution in [0, 0.1) is 0 Å². The number of carbonyl (C=O) groups excluding carboxylic acids is 1. The Labute approximate surface area is 253 Å². The molecule has 0 spiro atoms. The highest BCUT2D eigenvalue weighted by molar-refractivity contribution is 7.90. The molecule has 0 heterocycles. The second-order valence-electron chi connectivity index (χ2n) is 10.2. The molecule has 10 heteroatoms. The maximum atomic E-state index is 12.8. The highest BCUT2D eigenvalue weighted by Crippen LogP contribution is 2.30. The number of rotatable bonds is 16. The van der Waals surface area contributed by atoms with Crippen LogP contribution in [0.1, 0.15) is 67.4 Å². The van der Waals surface area contributed by atoms with E-state index in [1.807, 2.05) is 0 Å². The summed E-state index contributed by atoms with van der Waals surface area (Å²) in [6, 6.07) is 16.6. The molecule has 0 aromatic heterocycles.